The monoisotopic (exact) mass is 268 g/mol. The van der Waals surface area contributed by atoms with Gasteiger partial charge < -0.3 is 14.8 Å². The van der Waals surface area contributed by atoms with Crippen molar-refractivity contribution in [2.45, 2.75) is 6.92 Å². The van der Waals surface area contributed by atoms with Gasteiger partial charge in [0.05, 0.1) is 6.07 Å². The first-order chi connectivity index (χ1) is 9.61. The minimum Gasteiger partial charge on any atom is -0.504 e. The molecule has 3 aromatic rings. The van der Waals surface area contributed by atoms with Gasteiger partial charge in [-0.2, -0.15) is 0 Å². The van der Waals surface area contributed by atoms with Crippen LogP contribution in [-0.2, 0) is 0 Å². The van der Waals surface area contributed by atoms with E-state index in [1.807, 2.05) is 24.3 Å². The van der Waals surface area contributed by atoms with Crippen molar-refractivity contribution in [2.24, 2.45) is 0 Å². The Morgan fingerprint density at radius 3 is 2.55 bits per heavy atom. The van der Waals surface area contributed by atoms with Gasteiger partial charge in [0.2, 0.25) is 5.88 Å². The Kier molecular flexibility index (Phi) is 2.87. The van der Waals surface area contributed by atoms with Gasteiger partial charge in [0.15, 0.2) is 11.5 Å². The maximum Gasteiger partial charge on any atom is 0.254 e. The predicted octanol–water partition coefficient (Wildman–Crippen LogP) is 2.73. The molecule has 0 aliphatic carbocycles. The molecule has 0 fully saturated rings. The topological polar surface area (TPSA) is 75.2 Å². The number of nitrogens with zero attached hydrogens (tertiary/aromatic N) is 1. The highest BCUT2D eigenvalue weighted by atomic mass is 16.5. The maximum absolute atomic E-state index is 11.4. The molecule has 0 unspecified atom stereocenters. The highest BCUT2D eigenvalue weighted by molar-refractivity contribution is 5.85. The number of aromatic nitrogens is 2. The fourth-order valence-electron chi connectivity index (χ4n) is 2.01. The van der Waals surface area contributed by atoms with E-state index in [-0.39, 0.29) is 22.9 Å². The van der Waals surface area contributed by atoms with E-state index in [4.69, 9.17) is 4.74 Å². The van der Waals surface area contributed by atoms with Gasteiger partial charge in [-0.25, -0.2) is 4.98 Å². The number of phenolic OH excluding ortho intramolecular Hbond substituents is 1. The number of phenols is 1. The summed E-state index contributed by atoms with van der Waals surface area (Å²) >= 11 is 0. The Hall–Kier alpha value is -2.82. The Morgan fingerprint density at radius 2 is 1.85 bits per heavy atom. The second kappa shape index (κ2) is 4.70. The first-order valence-electron chi connectivity index (χ1n) is 6.09. The Morgan fingerprint density at radius 1 is 1.15 bits per heavy atom. The maximum atomic E-state index is 11.4. The van der Waals surface area contributed by atoms with Crippen LogP contribution in [0.25, 0.3) is 10.8 Å². The molecule has 3 rings (SSSR count). The molecule has 100 valence electrons. The molecule has 2 N–H and O–H groups in total. The average Bonchev–Trinajstić information content (AvgIpc) is 2.38. The lowest BCUT2D eigenvalue weighted by Gasteiger charge is -2.08. The third-order valence-corrected chi connectivity index (χ3v) is 2.88. The predicted molar refractivity (Wildman–Crippen MR) is 75.3 cm³/mol. The van der Waals surface area contributed by atoms with Gasteiger partial charge in [-0.05, 0) is 29.8 Å². The number of nitrogens with one attached hydrogen (secondary N) is 1. The molecule has 0 saturated heterocycles. The smallest absolute Gasteiger partial charge is 0.254 e. The Bertz CT molecular complexity index is 840. The number of rotatable bonds is 2. The van der Waals surface area contributed by atoms with Crippen LogP contribution in [0.1, 0.15) is 5.82 Å². The van der Waals surface area contributed by atoms with Crippen LogP contribution in [0, 0.1) is 6.92 Å². The van der Waals surface area contributed by atoms with Crippen molar-refractivity contribution in [1.29, 1.82) is 0 Å². The molecule has 0 spiro atoms. The third-order valence-electron chi connectivity index (χ3n) is 2.88. The number of aromatic hydroxyl groups is 1. The van der Waals surface area contributed by atoms with Crippen LogP contribution in [0.5, 0.6) is 17.4 Å². The first kappa shape index (κ1) is 12.2. The molecule has 0 saturated carbocycles. The zero-order valence-corrected chi connectivity index (χ0v) is 10.8. The van der Waals surface area contributed by atoms with Gasteiger partial charge in [-0.3, -0.25) is 4.79 Å². The minimum atomic E-state index is -0.298. The number of ether oxygens (including phenoxy) is 1. The molecule has 1 heterocycles. The van der Waals surface area contributed by atoms with E-state index in [1.165, 1.54) is 6.07 Å². The van der Waals surface area contributed by atoms with Gasteiger partial charge in [0, 0.05) is 0 Å². The van der Waals surface area contributed by atoms with Crippen molar-refractivity contribution in [3.63, 3.8) is 0 Å². The van der Waals surface area contributed by atoms with Crippen LogP contribution >= 0.6 is 0 Å². The summed E-state index contributed by atoms with van der Waals surface area (Å²) in [5, 5.41) is 11.8. The van der Waals surface area contributed by atoms with E-state index >= 15 is 0 Å². The number of aromatic amines is 1. The molecule has 0 atom stereocenters. The van der Waals surface area contributed by atoms with Crippen LogP contribution in [-0.4, -0.2) is 15.1 Å². The lowest BCUT2D eigenvalue weighted by molar-refractivity contribution is 0.402. The van der Waals surface area contributed by atoms with Crippen LogP contribution in [0.4, 0.5) is 0 Å². The molecule has 0 bridgehead atoms. The fourth-order valence-corrected chi connectivity index (χ4v) is 2.01. The molecule has 1 aromatic heterocycles. The summed E-state index contributed by atoms with van der Waals surface area (Å²) in [6.07, 6.45) is 0. The van der Waals surface area contributed by atoms with Gasteiger partial charge >= 0.3 is 0 Å². The van der Waals surface area contributed by atoms with Crippen molar-refractivity contribution in [3.05, 3.63) is 58.6 Å². The highest BCUT2D eigenvalue weighted by Crippen LogP contribution is 2.33. The summed E-state index contributed by atoms with van der Waals surface area (Å²) < 4.78 is 5.50. The normalized spacial score (nSPS) is 10.7. The fraction of sp³-hybridized carbons (Fsp3) is 0.0667. The summed E-state index contributed by atoms with van der Waals surface area (Å²) in [4.78, 5) is 18.0. The van der Waals surface area contributed by atoms with Crippen LogP contribution < -0.4 is 10.3 Å². The lowest BCUT2D eigenvalue weighted by atomic mass is 10.1. The largest absolute Gasteiger partial charge is 0.504 e. The van der Waals surface area contributed by atoms with E-state index in [1.54, 1.807) is 19.1 Å². The molecular formula is C15H12N2O3. The molecule has 0 radical (unpaired) electrons. The zero-order valence-electron chi connectivity index (χ0n) is 10.8. The van der Waals surface area contributed by atoms with Crippen molar-refractivity contribution in [1.82, 2.24) is 9.97 Å². The number of H-pyrrole nitrogens is 1. The van der Waals surface area contributed by atoms with Crippen LogP contribution in [0.15, 0.2) is 47.3 Å². The summed E-state index contributed by atoms with van der Waals surface area (Å²) in [6, 6.07) is 12.2. The van der Waals surface area contributed by atoms with E-state index in [2.05, 4.69) is 9.97 Å². The highest BCUT2D eigenvalue weighted by Gasteiger charge is 2.08. The molecule has 5 nitrogen and oxygen atoms in total. The van der Waals surface area contributed by atoms with Gasteiger partial charge in [0.1, 0.15) is 5.82 Å². The molecule has 20 heavy (non-hydrogen) atoms. The Balaban J connectivity index is 2.05. The van der Waals surface area contributed by atoms with Crippen molar-refractivity contribution in [2.75, 3.05) is 0 Å². The van der Waals surface area contributed by atoms with Crippen molar-refractivity contribution < 1.29 is 9.84 Å². The van der Waals surface area contributed by atoms with Crippen LogP contribution in [0.2, 0.25) is 0 Å². The average molecular weight is 268 g/mol. The van der Waals surface area contributed by atoms with Crippen LogP contribution in [0.3, 0.4) is 0 Å². The second-order valence-electron chi connectivity index (χ2n) is 4.44. The van der Waals surface area contributed by atoms with Crippen molar-refractivity contribution in [3.8, 4) is 17.4 Å². The number of hydrogen-bond donors (Lipinski definition) is 2. The van der Waals surface area contributed by atoms with Gasteiger partial charge in [-0.15, -0.1) is 0 Å². The molecule has 0 aliphatic rings. The van der Waals surface area contributed by atoms with E-state index in [0.29, 0.717) is 5.82 Å². The number of aryl methyl sites for hydroxylation is 1. The van der Waals surface area contributed by atoms with E-state index < -0.39 is 0 Å². The molecule has 0 amide bonds. The first-order valence-corrected chi connectivity index (χ1v) is 6.09. The molecule has 2 aromatic carbocycles. The van der Waals surface area contributed by atoms with Crippen molar-refractivity contribution >= 4 is 10.8 Å². The lowest BCUT2D eigenvalue weighted by Crippen LogP contribution is -2.08. The molecular weight excluding hydrogens is 256 g/mol. The third kappa shape index (κ3) is 2.33. The zero-order chi connectivity index (χ0) is 14.1. The van der Waals surface area contributed by atoms with E-state index in [0.717, 1.165) is 10.8 Å². The number of fused-ring (bicyclic) bond motifs is 1. The summed E-state index contributed by atoms with van der Waals surface area (Å²) in [5.41, 5.74) is -0.298. The van der Waals surface area contributed by atoms with E-state index in [9.17, 15) is 9.90 Å². The number of hydrogen-bond acceptors (Lipinski definition) is 4. The summed E-state index contributed by atoms with van der Waals surface area (Å²) in [5.74, 6) is 0.870. The minimum absolute atomic E-state index is 0.00318. The summed E-state index contributed by atoms with van der Waals surface area (Å²) in [7, 11) is 0. The second-order valence-corrected chi connectivity index (χ2v) is 4.44. The quantitative estimate of drug-likeness (QED) is 0.749. The summed E-state index contributed by atoms with van der Waals surface area (Å²) in [6.45, 7) is 1.66. The van der Waals surface area contributed by atoms with Gasteiger partial charge in [0.25, 0.3) is 5.56 Å². The SMILES string of the molecule is Cc1nc(Oc2cc3ccccc3cc2O)cc(=O)[nH]1. The van der Waals surface area contributed by atoms with Gasteiger partial charge in [-0.1, -0.05) is 24.3 Å². The standard InChI is InChI=1S/C15H12N2O3/c1-9-16-14(19)8-15(17-9)20-13-7-11-5-3-2-4-10(11)6-12(13)18/h2-8,18H,1H3,(H,16,17,19). The Labute approximate surface area is 114 Å². The molecule has 5 heteroatoms. The number of benzene rings is 2. The molecule has 0 aliphatic heterocycles.